The van der Waals surface area contributed by atoms with E-state index in [-0.39, 0.29) is 28.8 Å². The van der Waals surface area contributed by atoms with Gasteiger partial charge in [0.15, 0.2) is 0 Å². The van der Waals surface area contributed by atoms with Crippen LogP contribution in [0.3, 0.4) is 0 Å². The SMILES string of the molecule is C=CCCOC(C)(C)C(C)(C)CC(C)OC(C)(C)CC(C)N. The van der Waals surface area contributed by atoms with E-state index in [9.17, 15) is 0 Å². The molecule has 0 fully saturated rings. The van der Waals surface area contributed by atoms with Crippen molar-refractivity contribution in [3.8, 4) is 0 Å². The number of ether oxygens (including phenoxy) is 2. The van der Waals surface area contributed by atoms with Crippen molar-refractivity contribution in [1.82, 2.24) is 0 Å². The lowest BCUT2D eigenvalue weighted by Gasteiger charge is -2.44. The van der Waals surface area contributed by atoms with Crippen molar-refractivity contribution in [3.63, 3.8) is 0 Å². The molecule has 132 valence electrons. The van der Waals surface area contributed by atoms with Crippen molar-refractivity contribution in [2.24, 2.45) is 11.1 Å². The summed E-state index contributed by atoms with van der Waals surface area (Å²) in [4.78, 5) is 0. The van der Waals surface area contributed by atoms with Crippen LogP contribution in [0.1, 0.15) is 74.7 Å². The molecule has 0 radical (unpaired) electrons. The van der Waals surface area contributed by atoms with E-state index >= 15 is 0 Å². The number of nitrogens with two attached hydrogens (primary N) is 1. The molecule has 2 unspecified atom stereocenters. The van der Waals surface area contributed by atoms with Crippen LogP contribution in [0.25, 0.3) is 0 Å². The molecule has 0 bridgehead atoms. The summed E-state index contributed by atoms with van der Waals surface area (Å²) in [5.74, 6) is 0. The molecule has 2 N–H and O–H groups in total. The first kappa shape index (κ1) is 21.6. The molecule has 3 nitrogen and oxygen atoms in total. The number of hydrogen-bond acceptors (Lipinski definition) is 3. The standard InChI is InChI=1S/C19H39NO2/c1-10-11-12-21-19(8,9)17(4,5)14-16(3)22-18(6,7)13-15(2)20/h10,15-16H,1,11-14,20H2,2-9H3. The van der Waals surface area contributed by atoms with E-state index in [1.807, 2.05) is 13.0 Å². The molecule has 0 spiro atoms. The fraction of sp³-hybridized carbons (Fsp3) is 0.895. The molecule has 0 amide bonds. The molecule has 0 aromatic carbocycles. The summed E-state index contributed by atoms with van der Waals surface area (Å²) in [6.07, 6.45) is 4.73. The van der Waals surface area contributed by atoms with Crippen LogP contribution in [-0.4, -0.2) is 30.0 Å². The summed E-state index contributed by atoms with van der Waals surface area (Å²) in [7, 11) is 0. The molecule has 0 saturated heterocycles. The Morgan fingerprint density at radius 3 is 2.05 bits per heavy atom. The second kappa shape index (κ2) is 8.47. The highest BCUT2D eigenvalue weighted by atomic mass is 16.5. The maximum absolute atomic E-state index is 6.25. The molecule has 0 aromatic heterocycles. The highest BCUT2D eigenvalue weighted by Crippen LogP contribution is 2.39. The predicted molar refractivity (Wildman–Crippen MR) is 96.1 cm³/mol. The summed E-state index contributed by atoms with van der Waals surface area (Å²) >= 11 is 0. The van der Waals surface area contributed by atoms with Crippen LogP contribution < -0.4 is 5.73 Å². The minimum absolute atomic E-state index is 0.0119. The summed E-state index contributed by atoms with van der Waals surface area (Å²) in [6, 6.07) is 0.147. The Balaban J connectivity index is 4.64. The van der Waals surface area contributed by atoms with Crippen molar-refractivity contribution in [3.05, 3.63) is 12.7 Å². The topological polar surface area (TPSA) is 44.5 Å². The van der Waals surface area contributed by atoms with E-state index in [4.69, 9.17) is 15.2 Å². The molecular weight excluding hydrogens is 274 g/mol. The molecule has 0 saturated carbocycles. The predicted octanol–water partition coefficient (Wildman–Crippen LogP) is 4.70. The fourth-order valence-electron chi connectivity index (χ4n) is 2.97. The number of rotatable bonds is 11. The second-order valence-corrected chi connectivity index (χ2v) is 8.39. The van der Waals surface area contributed by atoms with Gasteiger partial charge in [0.2, 0.25) is 0 Å². The van der Waals surface area contributed by atoms with Crippen LogP contribution in [0.5, 0.6) is 0 Å². The quantitative estimate of drug-likeness (QED) is 0.444. The van der Waals surface area contributed by atoms with Crippen LogP contribution in [0, 0.1) is 5.41 Å². The normalized spacial score (nSPS) is 16.4. The Morgan fingerprint density at radius 1 is 1.05 bits per heavy atom. The van der Waals surface area contributed by atoms with Crippen molar-refractivity contribution in [2.75, 3.05) is 6.61 Å². The average Bonchev–Trinajstić information content (AvgIpc) is 2.24. The van der Waals surface area contributed by atoms with E-state index in [0.717, 1.165) is 19.3 Å². The zero-order valence-electron chi connectivity index (χ0n) is 16.2. The number of hydrogen-bond donors (Lipinski definition) is 1. The summed E-state index contributed by atoms with van der Waals surface area (Å²) in [6.45, 7) is 21.7. The summed E-state index contributed by atoms with van der Waals surface area (Å²) in [5, 5.41) is 0. The second-order valence-electron chi connectivity index (χ2n) is 8.39. The van der Waals surface area contributed by atoms with Gasteiger partial charge in [0.05, 0.1) is 23.9 Å². The minimum Gasteiger partial charge on any atom is -0.375 e. The van der Waals surface area contributed by atoms with Gasteiger partial charge in [-0.05, 0) is 66.2 Å². The lowest BCUT2D eigenvalue weighted by Crippen LogP contribution is -2.45. The Bertz CT molecular complexity index is 332. The summed E-state index contributed by atoms with van der Waals surface area (Å²) in [5.41, 5.74) is 5.52. The average molecular weight is 314 g/mol. The first-order chi connectivity index (χ1) is 9.83. The molecule has 0 heterocycles. The van der Waals surface area contributed by atoms with Crippen molar-refractivity contribution in [1.29, 1.82) is 0 Å². The van der Waals surface area contributed by atoms with Crippen LogP contribution in [0.2, 0.25) is 0 Å². The molecule has 0 rings (SSSR count). The van der Waals surface area contributed by atoms with Gasteiger partial charge in [-0.1, -0.05) is 19.9 Å². The Labute approximate surface area is 138 Å². The smallest absolute Gasteiger partial charge is 0.0678 e. The Kier molecular flexibility index (Phi) is 8.32. The summed E-state index contributed by atoms with van der Waals surface area (Å²) < 4.78 is 12.3. The molecule has 0 aliphatic carbocycles. The van der Waals surface area contributed by atoms with Crippen LogP contribution in [0.15, 0.2) is 12.7 Å². The highest BCUT2D eigenvalue weighted by Gasteiger charge is 2.39. The molecule has 3 heteroatoms. The largest absolute Gasteiger partial charge is 0.375 e. The maximum Gasteiger partial charge on any atom is 0.0678 e. The molecule has 0 aliphatic rings. The highest BCUT2D eigenvalue weighted by molar-refractivity contribution is 4.90. The Hall–Kier alpha value is -0.380. The molecule has 0 aliphatic heterocycles. The minimum atomic E-state index is -0.209. The first-order valence-corrected chi connectivity index (χ1v) is 8.51. The molecule has 22 heavy (non-hydrogen) atoms. The van der Waals surface area contributed by atoms with Gasteiger partial charge in [-0.25, -0.2) is 0 Å². The van der Waals surface area contributed by atoms with E-state index in [1.54, 1.807) is 0 Å². The van der Waals surface area contributed by atoms with Crippen molar-refractivity contribution < 1.29 is 9.47 Å². The van der Waals surface area contributed by atoms with Gasteiger partial charge in [0.1, 0.15) is 0 Å². The van der Waals surface area contributed by atoms with Crippen LogP contribution in [-0.2, 0) is 9.47 Å². The fourth-order valence-corrected chi connectivity index (χ4v) is 2.97. The van der Waals surface area contributed by atoms with Crippen LogP contribution >= 0.6 is 0 Å². The van der Waals surface area contributed by atoms with Gasteiger partial charge < -0.3 is 15.2 Å². The lowest BCUT2D eigenvalue weighted by molar-refractivity contribution is -0.135. The third-order valence-corrected chi connectivity index (χ3v) is 4.55. The zero-order chi connectivity index (χ0) is 17.6. The van der Waals surface area contributed by atoms with Gasteiger partial charge in [-0.3, -0.25) is 0 Å². The van der Waals surface area contributed by atoms with E-state index in [0.29, 0.717) is 6.61 Å². The Morgan fingerprint density at radius 2 is 1.59 bits per heavy atom. The lowest BCUT2D eigenvalue weighted by atomic mass is 9.73. The van der Waals surface area contributed by atoms with Crippen molar-refractivity contribution >= 4 is 0 Å². The van der Waals surface area contributed by atoms with E-state index in [1.165, 1.54) is 0 Å². The molecule has 2 atom stereocenters. The maximum atomic E-state index is 6.25. The third-order valence-electron chi connectivity index (χ3n) is 4.55. The van der Waals surface area contributed by atoms with Crippen molar-refractivity contribution in [2.45, 2.75) is 98.0 Å². The van der Waals surface area contributed by atoms with Gasteiger partial charge in [0, 0.05) is 6.04 Å². The van der Waals surface area contributed by atoms with Gasteiger partial charge in [-0.15, -0.1) is 6.58 Å². The third kappa shape index (κ3) is 7.75. The molecule has 0 aromatic rings. The van der Waals surface area contributed by atoms with E-state index < -0.39 is 0 Å². The van der Waals surface area contributed by atoms with Gasteiger partial charge in [0.25, 0.3) is 0 Å². The zero-order valence-corrected chi connectivity index (χ0v) is 16.2. The van der Waals surface area contributed by atoms with Gasteiger partial charge >= 0.3 is 0 Å². The monoisotopic (exact) mass is 313 g/mol. The van der Waals surface area contributed by atoms with Gasteiger partial charge in [-0.2, -0.15) is 0 Å². The van der Waals surface area contributed by atoms with E-state index in [2.05, 4.69) is 55.0 Å². The first-order valence-electron chi connectivity index (χ1n) is 8.51. The molecular formula is C19H39NO2. The van der Waals surface area contributed by atoms with Crippen LogP contribution in [0.4, 0.5) is 0 Å².